The summed E-state index contributed by atoms with van der Waals surface area (Å²) < 4.78 is 30.7. The van der Waals surface area contributed by atoms with Gasteiger partial charge in [0, 0.05) is 5.71 Å². The van der Waals surface area contributed by atoms with Crippen molar-refractivity contribution in [1.29, 1.82) is 0 Å². The average Bonchev–Trinajstić information content (AvgIpc) is 2.45. The highest BCUT2D eigenvalue weighted by atomic mass is 32.2. The molecule has 0 heterocycles. The lowest BCUT2D eigenvalue weighted by Crippen LogP contribution is -1.98. The summed E-state index contributed by atoms with van der Waals surface area (Å²) in [5.74, 6) is 0. The molecule has 0 radical (unpaired) electrons. The summed E-state index contributed by atoms with van der Waals surface area (Å²) in [7, 11) is -4.13. The predicted octanol–water partition coefficient (Wildman–Crippen LogP) is 2.94. The maximum atomic E-state index is 10.9. The first-order valence-electron chi connectivity index (χ1n) is 6.10. The van der Waals surface area contributed by atoms with Gasteiger partial charge in [-0.25, -0.2) is 0 Å². The molecule has 2 rings (SSSR count). The first-order valence-corrected chi connectivity index (χ1v) is 7.54. The van der Waals surface area contributed by atoms with Gasteiger partial charge in [0.25, 0.3) is 10.1 Å². The van der Waals surface area contributed by atoms with Crippen LogP contribution in [0.5, 0.6) is 0 Å². The van der Waals surface area contributed by atoms with Crippen LogP contribution in [0.15, 0.2) is 64.5 Å². The van der Waals surface area contributed by atoms with Crippen LogP contribution >= 0.6 is 0 Å². The lowest BCUT2D eigenvalue weighted by molar-refractivity contribution is 0.483. The summed E-state index contributed by atoms with van der Waals surface area (Å²) in [6, 6.07) is 15.9. The third kappa shape index (κ3) is 3.76. The highest BCUT2D eigenvalue weighted by Gasteiger charge is 2.08. The summed E-state index contributed by atoms with van der Waals surface area (Å²) in [4.78, 5) is 4.35. The number of benzene rings is 2. The monoisotopic (exact) mass is 289 g/mol. The topological polar surface area (TPSA) is 66.7 Å². The molecule has 1 N–H and O–H groups in total. The molecule has 2 aromatic carbocycles. The van der Waals surface area contributed by atoms with Gasteiger partial charge < -0.3 is 0 Å². The first-order chi connectivity index (χ1) is 9.47. The lowest BCUT2D eigenvalue weighted by Gasteiger charge is -2.02. The summed E-state index contributed by atoms with van der Waals surface area (Å²) in [5, 5.41) is 0. The maximum absolute atomic E-state index is 10.9. The second-order valence-corrected chi connectivity index (χ2v) is 5.81. The number of aliphatic imine (C=N–C) groups is 1. The first kappa shape index (κ1) is 14.4. The van der Waals surface area contributed by atoms with Gasteiger partial charge in [0.05, 0.1) is 11.4 Å². The molecule has 0 amide bonds. The van der Waals surface area contributed by atoms with E-state index in [1.54, 1.807) is 12.1 Å². The molecule has 20 heavy (non-hydrogen) atoms. The Bertz CT molecular complexity index is 705. The van der Waals surface area contributed by atoms with Crippen molar-refractivity contribution in [3.8, 4) is 0 Å². The van der Waals surface area contributed by atoms with Crippen molar-refractivity contribution in [3.05, 3.63) is 65.7 Å². The van der Waals surface area contributed by atoms with E-state index in [9.17, 15) is 8.42 Å². The van der Waals surface area contributed by atoms with Crippen LogP contribution in [0, 0.1) is 0 Å². The molecule has 0 fully saturated rings. The molecule has 0 aliphatic rings. The number of hydrogen-bond donors (Lipinski definition) is 1. The Balaban J connectivity index is 2.12. The van der Waals surface area contributed by atoms with Crippen molar-refractivity contribution < 1.29 is 13.0 Å². The van der Waals surface area contributed by atoms with E-state index in [0.29, 0.717) is 6.54 Å². The van der Waals surface area contributed by atoms with Crippen molar-refractivity contribution in [2.45, 2.75) is 18.4 Å². The van der Waals surface area contributed by atoms with E-state index in [1.807, 2.05) is 37.3 Å². The smallest absolute Gasteiger partial charge is 0.285 e. The van der Waals surface area contributed by atoms with Crippen LogP contribution in [0.2, 0.25) is 0 Å². The Morgan fingerprint density at radius 2 is 1.65 bits per heavy atom. The van der Waals surface area contributed by atoms with Crippen LogP contribution < -0.4 is 0 Å². The molecule has 0 saturated carbocycles. The van der Waals surface area contributed by atoms with Crippen molar-refractivity contribution in [2.24, 2.45) is 4.99 Å². The lowest BCUT2D eigenvalue weighted by atomic mass is 10.1. The molecule has 2 aromatic rings. The Hall–Kier alpha value is -1.98. The number of hydrogen-bond acceptors (Lipinski definition) is 3. The molecule has 0 saturated heterocycles. The normalized spacial score (nSPS) is 12.4. The van der Waals surface area contributed by atoms with Crippen LogP contribution in [-0.2, 0) is 16.7 Å². The van der Waals surface area contributed by atoms with Crippen LogP contribution in [-0.4, -0.2) is 18.7 Å². The summed E-state index contributed by atoms with van der Waals surface area (Å²) in [6.45, 7) is 2.40. The molecular formula is C15H15NO3S. The van der Waals surface area contributed by atoms with Crippen molar-refractivity contribution in [1.82, 2.24) is 0 Å². The maximum Gasteiger partial charge on any atom is 0.294 e. The van der Waals surface area contributed by atoms with E-state index in [0.717, 1.165) is 16.8 Å². The van der Waals surface area contributed by atoms with E-state index in [-0.39, 0.29) is 4.90 Å². The minimum absolute atomic E-state index is 0.106. The SMILES string of the molecule is CC(=NCc1ccc(S(=O)(=O)O)cc1)c1ccccc1. The highest BCUT2D eigenvalue weighted by molar-refractivity contribution is 7.85. The fourth-order valence-corrected chi connectivity index (χ4v) is 2.23. The molecule has 0 aliphatic carbocycles. The molecule has 0 spiro atoms. The Kier molecular flexibility index (Phi) is 4.32. The van der Waals surface area contributed by atoms with E-state index in [2.05, 4.69) is 4.99 Å². The van der Waals surface area contributed by atoms with Gasteiger partial charge in [-0.3, -0.25) is 9.55 Å². The minimum atomic E-state index is -4.13. The standard InChI is InChI=1S/C15H15NO3S/c1-12(14-5-3-2-4-6-14)16-11-13-7-9-15(10-8-13)20(17,18)19/h2-10H,11H2,1H3,(H,17,18,19). The van der Waals surface area contributed by atoms with Gasteiger partial charge in [0.1, 0.15) is 0 Å². The van der Waals surface area contributed by atoms with Gasteiger partial charge in [-0.05, 0) is 30.2 Å². The quantitative estimate of drug-likeness (QED) is 0.695. The molecule has 5 heteroatoms. The minimum Gasteiger partial charge on any atom is -0.285 e. The van der Waals surface area contributed by atoms with E-state index >= 15 is 0 Å². The van der Waals surface area contributed by atoms with E-state index < -0.39 is 10.1 Å². The van der Waals surface area contributed by atoms with Crippen LogP contribution in [0.1, 0.15) is 18.1 Å². The third-order valence-corrected chi connectivity index (χ3v) is 3.78. The molecule has 4 nitrogen and oxygen atoms in total. The van der Waals surface area contributed by atoms with Crippen molar-refractivity contribution >= 4 is 15.8 Å². The van der Waals surface area contributed by atoms with Gasteiger partial charge in [-0.2, -0.15) is 8.42 Å². The summed E-state index contributed by atoms with van der Waals surface area (Å²) in [5.41, 5.74) is 2.86. The predicted molar refractivity (Wildman–Crippen MR) is 78.6 cm³/mol. The molecule has 0 unspecified atom stereocenters. The van der Waals surface area contributed by atoms with Crippen LogP contribution in [0.25, 0.3) is 0 Å². The van der Waals surface area contributed by atoms with Gasteiger partial charge in [-0.1, -0.05) is 42.5 Å². The molecule has 0 atom stereocenters. The Labute approximate surface area is 118 Å². The van der Waals surface area contributed by atoms with Crippen molar-refractivity contribution in [2.75, 3.05) is 0 Å². The van der Waals surface area contributed by atoms with Gasteiger partial charge in [-0.15, -0.1) is 0 Å². The van der Waals surface area contributed by atoms with Crippen molar-refractivity contribution in [3.63, 3.8) is 0 Å². The third-order valence-electron chi connectivity index (χ3n) is 2.91. The van der Waals surface area contributed by atoms with E-state index in [4.69, 9.17) is 4.55 Å². The van der Waals surface area contributed by atoms with Crippen LogP contribution in [0.3, 0.4) is 0 Å². The Morgan fingerprint density at radius 3 is 2.20 bits per heavy atom. The zero-order chi connectivity index (χ0) is 14.6. The zero-order valence-electron chi connectivity index (χ0n) is 11.0. The molecular weight excluding hydrogens is 274 g/mol. The Morgan fingerprint density at radius 1 is 1.05 bits per heavy atom. The molecule has 0 aromatic heterocycles. The molecule has 0 bridgehead atoms. The number of rotatable bonds is 4. The fraction of sp³-hybridized carbons (Fsp3) is 0.133. The summed E-state index contributed by atoms with van der Waals surface area (Å²) in [6.07, 6.45) is 0. The van der Waals surface area contributed by atoms with Gasteiger partial charge in [0.15, 0.2) is 0 Å². The van der Waals surface area contributed by atoms with Crippen LogP contribution in [0.4, 0.5) is 0 Å². The fourth-order valence-electron chi connectivity index (χ4n) is 1.75. The average molecular weight is 289 g/mol. The van der Waals surface area contributed by atoms with Gasteiger partial charge >= 0.3 is 0 Å². The zero-order valence-corrected chi connectivity index (χ0v) is 11.8. The highest BCUT2D eigenvalue weighted by Crippen LogP contribution is 2.11. The second-order valence-electron chi connectivity index (χ2n) is 4.39. The summed E-state index contributed by atoms with van der Waals surface area (Å²) >= 11 is 0. The number of nitrogens with zero attached hydrogens (tertiary/aromatic N) is 1. The largest absolute Gasteiger partial charge is 0.294 e. The molecule has 0 aliphatic heterocycles. The van der Waals surface area contributed by atoms with Gasteiger partial charge in [0.2, 0.25) is 0 Å². The molecule has 104 valence electrons. The second kappa shape index (κ2) is 5.98. The van der Waals surface area contributed by atoms with E-state index in [1.165, 1.54) is 12.1 Å².